The lowest BCUT2D eigenvalue weighted by atomic mass is 10.1. The molecule has 1 unspecified atom stereocenters. The van der Waals surface area contributed by atoms with Gasteiger partial charge in [0.25, 0.3) is 5.91 Å². The third-order valence-corrected chi connectivity index (χ3v) is 3.99. The van der Waals surface area contributed by atoms with E-state index in [1.165, 1.54) is 13.2 Å². The molecule has 0 spiro atoms. The standard InChI is InChI=1S/C19H23ClN2O3/c1-11(2)25-14-7-5-13(6-8-14)12(3)22-19(23)15-9-16(20)17(21)10-18(15)24-4/h5-12H,21H2,1-4H3,(H,22,23). The van der Waals surface area contributed by atoms with Crippen LogP contribution in [0.3, 0.4) is 0 Å². The van der Waals surface area contributed by atoms with Gasteiger partial charge in [-0.2, -0.15) is 0 Å². The second-order valence-corrected chi connectivity index (χ2v) is 6.41. The van der Waals surface area contributed by atoms with Gasteiger partial charge in [-0.3, -0.25) is 4.79 Å². The third kappa shape index (κ3) is 4.79. The molecule has 5 nitrogen and oxygen atoms in total. The molecule has 0 heterocycles. The summed E-state index contributed by atoms with van der Waals surface area (Å²) in [4.78, 5) is 12.6. The van der Waals surface area contributed by atoms with Crippen LogP contribution in [0, 0.1) is 0 Å². The van der Waals surface area contributed by atoms with Crippen LogP contribution in [0.15, 0.2) is 36.4 Å². The van der Waals surface area contributed by atoms with Crippen molar-refractivity contribution in [3.63, 3.8) is 0 Å². The summed E-state index contributed by atoms with van der Waals surface area (Å²) in [5.41, 5.74) is 7.42. The highest BCUT2D eigenvalue weighted by Gasteiger charge is 2.17. The molecule has 25 heavy (non-hydrogen) atoms. The summed E-state index contributed by atoms with van der Waals surface area (Å²) < 4.78 is 10.8. The van der Waals surface area contributed by atoms with Gasteiger partial charge in [0, 0.05) is 6.07 Å². The number of hydrogen-bond donors (Lipinski definition) is 2. The minimum Gasteiger partial charge on any atom is -0.496 e. The molecule has 2 rings (SSSR count). The first-order valence-corrected chi connectivity index (χ1v) is 8.40. The Hall–Kier alpha value is -2.40. The smallest absolute Gasteiger partial charge is 0.255 e. The van der Waals surface area contributed by atoms with Gasteiger partial charge in [-0.1, -0.05) is 23.7 Å². The number of nitrogen functional groups attached to an aromatic ring is 1. The van der Waals surface area contributed by atoms with Crippen LogP contribution in [-0.4, -0.2) is 19.1 Å². The van der Waals surface area contributed by atoms with Crippen molar-refractivity contribution >= 4 is 23.2 Å². The number of methoxy groups -OCH3 is 1. The Morgan fingerprint density at radius 3 is 2.36 bits per heavy atom. The Morgan fingerprint density at radius 2 is 1.80 bits per heavy atom. The normalized spacial score (nSPS) is 11.9. The molecule has 6 heteroatoms. The first-order chi connectivity index (χ1) is 11.8. The van der Waals surface area contributed by atoms with Crippen molar-refractivity contribution in [2.24, 2.45) is 0 Å². The van der Waals surface area contributed by atoms with Crippen molar-refractivity contribution in [2.75, 3.05) is 12.8 Å². The summed E-state index contributed by atoms with van der Waals surface area (Å²) in [6.45, 7) is 5.85. The van der Waals surface area contributed by atoms with Gasteiger partial charge in [0.15, 0.2) is 0 Å². The molecule has 0 aliphatic heterocycles. The van der Waals surface area contributed by atoms with E-state index in [0.717, 1.165) is 11.3 Å². The average molecular weight is 363 g/mol. The molecule has 0 saturated carbocycles. The molecule has 0 aliphatic rings. The molecular formula is C19H23ClN2O3. The van der Waals surface area contributed by atoms with Gasteiger partial charge in [-0.15, -0.1) is 0 Å². The van der Waals surface area contributed by atoms with Crippen molar-refractivity contribution < 1.29 is 14.3 Å². The molecule has 0 bridgehead atoms. The van der Waals surface area contributed by atoms with Crippen LogP contribution in [0.4, 0.5) is 5.69 Å². The maximum atomic E-state index is 12.6. The van der Waals surface area contributed by atoms with Gasteiger partial charge in [0.05, 0.1) is 35.5 Å². The molecule has 0 aliphatic carbocycles. The zero-order chi connectivity index (χ0) is 18.6. The number of ether oxygens (including phenoxy) is 2. The number of amides is 1. The van der Waals surface area contributed by atoms with E-state index in [9.17, 15) is 4.79 Å². The molecule has 134 valence electrons. The van der Waals surface area contributed by atoms with E-state index < -0.39 is 0 Å². The Bertz CT molecular complexity index is 745. The van der Waals surface area contributed by atoms with Gasteiger partial charge in [-0.25, -0.2) is 0 Å². The van der Waals surface area contributed by atoms with Gasteiger partial charge in [0.1, 0.15) is 11.5 Å². The zero-order valence-corrected chi connectivity index (χ0v) is 15.6. The minimum absolute atomic E-state index is 0.116. The van der Waals surface area contributed by atoms with Gasteiger partial charge < -0.3 is 20.5 Å². The van der Waals surface area contributed by atoms with E-state index in [4.69, 9.17) is 26.8 Å². The SMILES string of the molecule is COc1cc(N)c(Cl)cc1C(=O)NC(C)c1ccc(OC(C)C)cc1. The van der Waals surface area contributed by atoms with Crippen LogP contribution in [0.2, 0.25) is 5.02 Å². The first kappa shape index (κ1) is 18.9. The molecule has 0 fully saturated rings. The topological polar surface area (TPSA) is 73.6 Å². The number of carbonyl (C=O) groups excluding carboxylic acids is 1. The highest BCUT2D eigenvalue weighted by Crippen LogP contribution is 2.29. The van der Waals surface area contributed by atoms with E-state index in [1.54, 1.807) is 6.07 Å². The molecule has 0 aromatic heterocycles. The Balaban J connectivity index is 2.13. The molecule has 2 aromatic carbocycles. The predicted octanol–water partition coefficient (Wildman–Crippen LogP) is 4.21. The number of carbonyl (C=O) groups is 1. The summed E-state index contributed by atoms with van der Waals surface area (Å²) in [6, 6.07) is 10.5. The van der Waals surface area contributed by atoms with Crippen molar-refractivity contribution in [1.82, 2.24) is 5.32 Å². The molecule has 0 radical (unpaired) electrons. The molecule has 3 N–H and O–H groups in total. The van der Waals surface area contributed by atoms with Gasteiger partial charge >= 0.3 is 0 Å². The quantitative estimate of drug-likeness (QED) is 0.755. The van der Waals surface area contributed by atoms with Gasteiger partial charge in [0.2, 0.25) is 0 Å². The van der Waals surface area contributed by atoms with E-state index in [0.29, 0.717) is 22.0 Å². The number of nitrogens with one attached hydrogen (secondary N) is 1. The molecule has 1 atom stereocenters. The largest absolute Gasteiger partial charge is 0.496 e. The third-order valence-electron chi connectivity index (χ3n) is 3.66. The van der Waals surface area contributed by atoms with Crippen LogP contribution >= 0.6 is 11.6 Å². The van der Waals surface area contributed by atoms with Crippen LogP contribution < -0.4 is 20.5 Å². The van der Waals surface area contributed by atoms with E-state index in [-0.39, 0.29) is 18.1 Å². The maximum Gasteiger partial charge on any atom is 0.255 e. The molecule has 1 amide bonds. The zero-order valence-electron chi connectivity index (χ0n) is 14.8. The summed E-state index contributed by atoms with van der Waals surface area (Å²) >= 11 is 6.02. The second kappa shape index (κ2) is 8.12. The fraction of sp³-hybridized carbons (Fsp3) is 0.316. The fourth-order valence-corrected chi connectivity index (χ4v) is 2.54. The summed E-state index contributed by atoms with van der Waals surface area (Å²) in [5.74, 6) is 0.894. The summed E-state index contributed by atoms with van der Waals surface area (Å²) in [5, 5.41) is 3.25. The number of halogens is 1. The summed E-state index contributed by atoms with van der Waals surface area (Å²) in [6.07, 6.45) is 0.116. The maximum absolute atomic E-state index is 12.6. The van der Waals surface area contributed by atoms with Crippen LogP contribution in [0.1, 0.15) is 42.7 Å². The van der Waals surface area contributed by atoms with Crippen molar-refractivity contribution in [2.45, 2.75) is 32.9 Å². The lowest BCUT2D eigenvalue weighted by Gasteiger charge is -2.17. The van der Waals surface area contributed by atoms with Crippen LogP contribution in [-0.2, 0) is 0 Å². The van der Waals surface area contributed by atoms with Crippen molar-refractivity contribution in [1.29, 1.82) is 0 Å². The van der Waals surface area contributed by atoms with E-state index >= 15 is 0 Å². The number of nitrogens with two attached hydrogens (primary N) is 1. The van der Waals surface area contributed by atoms with Crippen LogP contribution in [0.5, 0.6) is 11.5 Å². The lowest BCUT2D eigenvalue weighted by molar-refractivity contribution is 0.0937. The second-order valence-electron chi connectivity index (χ2n) is 6.00. The minimum atomic E-state index is -0.284. The Morgan fingerprint density at radius 1 is 1.16 bits per heavy atom. The molecule has 0 saturated heterocycles. The number of anilines is 1. The molecular weight excluding hydrogens is 340 g/mol. The highest BCUT2D eigenvalue weighted by molar-refractivity contribution is 6.33. The lowest BCUT2D eigenvalue weighted by Crippen LogP contribution is -2.27. The highest BCUT2D eigenvalue weighted by atomic mass is 35.5. The number of rotatable bonds is 6. The first-order valence-electron chi connectivity index (χ1n) is 8.02. The monoisotopic (exact) mass is 362 g/mol. The van der Waals surface area contributed by atoms with Crippen molar-refractivity contribution in [3.8, 4) is 11.5 Å². The van der Waals surface area contributed by atoms with Gasteiger partial charge in [-0.05, 0) is 44.5 Å². The number of benzene rings is 2. The van der Waals surface area contributed by atoms with Crippen LogP contribution in [0.25, 0.3) is 0 Å². The van der Waals surface area contributed by atoms with E-state index in [2.05, 4.69) is 5.32 Å². The number of hydrogen-bond acceptors (Lipinski definition) is 4. The fourth-order valence-electron chi connectivity index (χ4n) is 2.38. The van der Waals surface area contributed by atoms with E-state index in [1.807, 2.05) is 45.0 Å². The molecule has 2 aromatic rings. The summed E-state index contributed by atoms with van der Waals surface area (Å²) in [7, 11) is 1.48. The van der Waals surface area contributed by atoms with Crippen molar-refractivity contribution in [3.05, 3.63) is 52.5 Å². The average Bonchev–Trinajstić information content (AvgIpc) is 2.56. The Labute approximate surface area is 153 Å². The predicted molar refractivity (Wildman–Crippen MR) is 101 cm³/mol. The Kier molecular flexibility index (Phi) is 6.15.